The van der Waals surface area contributed by atoms with Gasteiger partial charge in [0.05, 0.1) is 19.3 Å². The van der Waals surface area contributed by atoms with Crippen LogP contribution in [-0.2, 0) is 16.2 Å². The van der Waals surface area contributed by atoms with Crippen LogP contribution in [0.3, 0.4) is 0 Å². The SMILES string of the molecule is IOSOC1CCC2(CC1)OCCO2. The molecule has 0 aromatic carbocycles. The number of ether oxygens (including phenoxy) is 2. The molecule has 1 aliphatic carbocycles. The molecule has 1 saturated carbocycles. The summed E-state index contributed by atoms with van der Waals surface area (Å²) in [6.45, 7) is 1.47. The Labute approximate surface area is 102 Å². The number of hydrogen-bond acceptors (Lipinski definition) is 5. The van der Waals surface area contributed by atoms with Crippen molar-refractivity contribution in [2.45, 2.75) is 37.6 Å². The first-order valence-electron chi connectivity index (χ1n) is 4.73. The van der Waals surface area contributed by atoms with Gasteiger partial charge in [-0.2, -0.15) is 0 Å². The summed E-state index contributed by atoms with van der Waals surface area (Å²) >= 11 is 2.85. The molecule has 0 aromatic rings. The minimum atomic E-state index is -0.282. The molecule has 1 spiro atoms. The van der Waals surface area contributed by atoms with Gasteiger partial charge in [0, 0.05) is 12.8 Å². The maximum Gasteiger partial charge on any atom is 0.169 e. The van der Waals surface area contributed by atoms with Gasteiger partial charge < -0.3 is 9.47 Å². The third-order valence-electron chi connectivity index (χ3n) is 2.71. The van der Waals surface area contributed by atoms with E-state index in [4.69, 9.17) is 16.2 Å². The lowest BCUT2D eigenvalue weighted by Crippen LogP contribution is -2.37. The Morgan fingerprint density at radius 1 is 1.21 bits per heavy atom. The highest BCUT2D eigenvalue weighted by atomic mass is 127. The molecule has 14 heavy (non-hydrogen) atoms. The van der Waals surface area contributed by atoms with E-state index in [1.54, 1.807) is 23.0 Å². The topological polar surface area (TPSA) is 36.9 Å². The van der Waals surface area contributed by atoms with Crippen LogP contribution >= 0.6 is 35.3 Å². The fraction of sp³-hybridized carbons (Fsp3) is 1.00. The van der Waals surface area contributed by atoms with E-state index in [9.17, 15) is 0 Å². The van der Waals surface area contributed by atoms with Crippen molar-refractivity contribution < 1.29 is 16.2 Å². The Morgan fingerprint density at radius 2 is 1.86 bits per heavy atom. The summed E-state index contributed by atoms with van der Waals surface area (Å²) in [6.07, 6.45) is 4.09. The van der Waals surface area contributed by atoms with Gasteiger partial charge in [0.25, 0.3) is 0 Å². The zero-order chi connectivity index (χ0) is 9.86. The molecule has 2 rings (SSSR count). The molecule has 1 heterocycles. The predicted octanol–water partition coefficient (Wildman–Crippen LogP) is 2.62. The molecular weight excluding hydrogens is 319 g/mol. The fourth-order valence-corrected chi connectivity index (χ4v) is 2.57. The van der Waals surface area contributed by atoms with Crippen LogP contribution in [0, 0.1) is 0 Å². The molecular formula is C8H13IO4S. The number of hydrogen-bond donors (Lipinski definition) is 0. The molecule has 0 aromatic heterocycles. The third kappa shape index (κ3) is 2.73. The summed E-state index contributed by atoms with van der Waals surface area (Å²) in [4.78, 5) is 0. The highest BCUT2D eigenvalue weighted by Gasteiger charge is 2.40. The quantitative estimate of drug-likeness (QED) is 0.587. The Bertz CT molecular complexity index is 176. The second kappa shape index (κ2) is 5.31. The second-order valence-electron chi connectivity index (χ2n) is 3.53. The van der Waals surface area contributed by atoms with Crippen LogP contribution in [0.5, 0.6) is 0 Å². The van der Waals surface area contributed by atoms with Crippen molar-refractivity contribution in [2.75, 3.05) is 13.2 Å². The van der Waals surface area contributed by atoms with Crippen molar-refractivity contribution in [3.8, 4) is 0 Å². The zero-order valence-electron chi connectivity index (χ0n) is 7.74. The van der Waals surface area contributed by atoms with Crippen LogP contribution in [0.4, 0.5) is 0 Å². The molecule has 0 bridgehead atoms. The van der Waals surface area contributed by atoms with Gasteiger partial charge in [-0.05, 0) is 12.8 Å². The predicted molar refractivity (Wildman–Crippen MR) is 60.7 cm³/mol. The van der Waals surface area contributed by atoms with Crippen LogP contribution in [-0.4, -0.2) is 25.1 Å². The Hall–Kier alpha value is 0.920. The molecule has 6 heteroatoms. The molecule has 82 valence electrons. The maximum absolute atomic E-state index is 5.62. The van der Waals surface area contributed by atoms with E-state index in [2.05, 4.69) is 0 Å². The van der Waals surface area contributed by atoms with E-state index in [1.807, 2.05) is 0 Å². The van der Waals surface area contributed by atoms with Gasteiger partial charge in [0.15, 0.2) is 18.1 Å². The van der Waals surface area contributed by atoms with Gasteiger partial charge in [-0.25, -0.2) is 2.51 Å². The summed E-state index contributed by atoms with van der Waals surface area (Å²) in [5.41, 5.74) is 0. The smallest absolute Gasteiger partial charge is 0.169 e. The lowest BCUT2D eigenvalue weighted by atomic mass is 9.92. The highest BCUT2D eigenvalue weighted by Crippen LogP contribution is 2.37. The van der Waals surface area contributed by atoms with Crippen molar-refractivity contribution in [3.63, 3.8) is 0 Å². The molecule has 4 nitrogen and oxygen atoms in total. The first kappa shape index (κ1) is 11.4. The monoisotopic (exact) mass is 332 g/mol. The van der Waals surface area contributed by atoms with Gasteiger partial charge in [0.1, 0.15) is 23.0 Å². The van der Waals surface area contributed by atoms with E-state index in [0.29, 0.717) is 0 Å². The number of halogens is 1. The van der Waals surface area contributed by atoms with Gasteiger partial charge >= 0.3 is 0 Å². The van der Waals surface area contributed by atoms with E-state index < -0.39 is 0 Å². The molecule has 0 amide bonds. The molecule has 0 unspecified atom stereocenters. The Morgan fingerprint density at radius 3 is 2.43 bits per heavy atom. The summed E-state index contributed by atoms with van der Waals surface area (Å²) in [7, 11) is 0. The van der Waals surface area contributed by atoms with Crippen LogP contribution < -0.4 is 0 Å². The average molecular weight is 332 g/mol. The highest BCUT2D eigenvalue weighted by molar-refractivity contribution is 14.1. The van der Waals surface area contributed by atoms with E-state index in [0.717, 1.165) is 51.2 Å². The average Bonchev–Trinajstić information content (AvgIpc) is 2.66. The Balaban J connectivity index is 1.74. The Kier molecular flexibility index (Phi) is 4.33. The van der Waals surface area contributed by atoms with Crippen LogP contribution in [0.15, 0.2) is 0 Å². The zero-order valence-corrected chi connectivity index (χ0v) is 10.7. The standard InChI is InChI=1S/C8H13IO4S/c9-13-14-12-7-1-3-8(4-2-7)10-5-6-11-8/h7H,1-6H2. The van der Waals surface area contributed by atoms with Crippen molar-refractivity contribution in [3.05, 3.63) is 0 Å². The van der Waals surface area contributed by atoms with Crippen molar-refractivity contribution in [2.24, 2.45) is 0 Å². The first-order valence-corrected chi connectivity index (χ1v) is 6.28. The largest absolute Gasteiger partial charge is 0.348 e. The number of rotatable bonds is 3. The minimum Gasteiger partial charge on any atom is -0.348 e. The molecule has 2 aliphatic rings. The van der Waals surface area contributed by atoms with Crippen molar-refractivity contribution in [1.29, 1.82) is 0 Å². The van der Waals surface area contributed by atoms with E-state index >= 15 is 0 Å². The van der Waals surface area contributed by atoms with Gasteiger partial charge in [-0.3, -0.25) is 4.18 Å². The van der Waals surface area contributed by atoms with Crippen molar-refractivity contribution >= 4 is 35.3 Å². The summed E-state index contributed by atoms with van der Waals surface area (Å²) in [5, 5.41) is 0. The van der Waals surface area contributed by atoms with Crippen LogP contribution in [0.25, 0.3) is 0 Å². The van der Waals surface area contributed by atoms with Gasteiger partial charge in [0.2, 0.25) is 0 Å². The van der Waals surface area contributed by atoms with Gasteiger partial charge in [-0.1, -0.05) is 0 Å². The molecule has 1 saturated heterocycles. The van der Waals surface area contributed by atoms with Gasteiger partial charge in [-0.15, -0.1) is 0 Å². The molecule has 2 fully saturated rings. The lowest BCUT2D eigenvalue weighted by molar-refractivity contribution is -0.185. The summed E-state index contributed by atoms with van der Waals surface area (Å²) < 4.78 is 21.4. The molecule has 0 radical (unpaired) electrons. The molecule has 1 aliphatic heterocycles. The summed E-state index contributed by atoms with van der Waals surface area (Å²) in [6, 6.07) is 0. The van der Waals surface area contributed by atoms with E-state index in [1.165, 1.54) is 0 Å². The first-order chi connectivity index (χ1) is 6.85. The third-order valence-corrected chi connectivity index (χ3v) is 3.55. The fourth-order valence-electron chi connectivity index (χ4n) is 1.98. The van der Waals surface area contributed by atoms with E-state index in [-0.39, 0.29) is 11.9 Å². The molecule has 0 N–H and O–H groups in total. The maximum atomic E-state index is 5.62. The summed E-state index contributed by atoms with van der Waals surface area (Å²) in [5.74, 6) is -0.282. The second-order valence-corrected chi connectivity index (χ2v) is 5.07. The van der Waals surface area contributed by atoms with Crippen LogP contribution in [0.2, 0.25) is 0 Å². The van der Waals surface area contributed by atoms with Crippen molar-refractivity contribution in [1.82, 2.24) is 0 Å². The molecule has 0 atom stereocenters. The minimum absolute atomic E-state index is 0.271. The van der Waals surface area contributed by atoms with Crippen LogP contribution in [0.1, 0.15) is 25.7 Å². The lowest BCUT2D eigenvalue weighted by Gasteiger charge is -2.34. The normalized spacial score (nSPS) is 27.2.